The van der Waals surface area contributed by atoms with Crippen LogP contribution in [0.1, 0.15) is 38.5 Å². The minimum atomic E-state index is -0.379. The van der Waals surface area contributed by atoms with Gasteiger partial charge < -0.3 is 16.2 Å². The minimum Gasteiger partial charge on any atom is -0.490 e. The molecule has 0 aromatic heterocycles. The Bertz CT molecular complexity index is 465. The summed E-state index contributed by atoms with van der Waals surface area (Å²) >= 11 is 0. The number of benzene rings is 1. The zero-order chi connectivity index (χ0) is 13.5. The van der Waals surface area contributed by atoms with Crippen LogP contribution in [0.5, 0.6) is 5.75 Å². The number of hydrogen-bond donors (Lipinski definition) is 2. The summed E-state index contributed by atoms with van der Waals surface area (Å²) in [7, 11) is 0. The van der Waals surface area contributed by atoms with E-state index in [0.717, 1.165) is 38.5 Å². The van der Waals surface area contributed by atoms with E-state index >= 15 is 0 Å². The van der Waals surface area contributed by atoms with Crippen molar-refractivity contribution in [3.8, 4) is 5.75 Å². The van der Waals surface area contributed by atoms with E-state index < -0.39 is 0 Å². The van der Waals surface area contributed by atoms with Gasteiger partial charge in [-0.2, -0.15) is 0 Å². The summed E-state index contributed by atoms with van der Waals surface area (Å²) in [6.07, 6.45) is 6.50. The Morgan fingerprint density at radius 2 is 1.74 bits per heavy atom. The van der Waals surface area contributed by atoms with Crippen molar-refractivity contribution in [2.24, 2.45) is 11.1 Å². The topological polar surface area (TPSA) is 61.3 Å². The summed E-state index contributed by atoms with van der Waals surface area (Å²) in [5.74, 6) is -0.0741. The number of ether oxygens (including phenoxy) is 1. The predicted octanol–water partition coefficient (Wildman–Crippen LogP) is 2.84. The van der Waals surface area contributed by atoms with Crippen molar-refractivity contribution in [1.29, 1.82) is 0 Å². The van der Waals surface area contributed by atoms with Crippen molar-refractivity contribution in [1.82, 2.24) is 0 Å². The van der Waals surface area contributed by atoms with Gasteiger partial charge in [0, 0.05) is 22.7 Å². The number of anilines is 1. The molecule has 19 heavy (non-hydrogen) atoms. The highest BCUT2D eigenvalue weighted by atomic mass is 19.1. The van der Waals surface area contributed by atoms with Crippen LogP contribution in [-0.4, -0.2) is 12.1 Å². The third-order valence-electron chi connectivity index (χ3n) is 4.95. The van der Waals surface area contributed by atoms with E-state index in [9.17, 15) is 4.39 Å². The summed E-state index contributed by atoms with van der Waals surface area (Å²) in [5.41, 5.74) is 12.5. The second-order valence-corrected chi connectivity index (χ2v) is 6.34. The van der Waals surface area contributed by atoms with Crippen LogP contribution in [0, 0.1) is 11.2 Å². The molecule has 0 radical (unpaired) electrons. The second kappa shape index (κ2) is 4.37. The molecule has 1 aromatic rings. The number of halogens is 1. The molecule has 4 heteroatoms. The lowest BCUT2D eigenvalue weighted by molar-refractivity contribution is 0.00432. The smallest absolute Gasteiger partial charge is 0.167 e. The first-order valence-electron chi connectivity index (χ1n) is 6.97. The minimum absolute atomic E-state index is 0.0637. The van der Waals surface area contributed by atoms with Crippen LogP contribution >= 0.6 is 0 Å². The number of hydrogen-bond acceptors (Lipinski definition) is 3. The molecule has 3 aliphatic rings. The molecule has 0 aliphatic heterocycles. The van der Waals surface area contributed by atoms with Gasteiger partial charge in [-0.05, 0) is 50.7 Å². The molecule has 0 amide bonds. The number of rotatable bonds is 3. The first-order valence-corrected chi connectivity index (χ1v) is 6.97. The van der Waals surface area contributed by atoms with Crippen LogP contribution in [-0.2, 0) is 0 Å². The van der Waals surface area contributed by atoms with Gasteiger partial charge >= 0.3 is 0 Å². The SMILES string of the molecule is Nc1ccc(OCC23CCC(N)(CC2)CC3)c(F)c1. The fraction of sp³-hybridized carbons (Fsp3) is 0.600. The van der Waals surface area contributed by atoms with Gasteiger partial charge in [0.25, 0.3) is 0 Å². The maximum absolute atomic E-state index is 13.7. The first kappa shape index (κ1) is 12.7. The summed E-state index contributed by atoms with van der Waals surface area (Å²) in [4.78, 5) is 0. The van der Waals surface area contributed by atoms with E-state index in [1.54, 1.807) is 12.1 Å². The maximum atomic E-state index is 13.7. The Hall–Kier alpha value is -1.29. The molecule has 0 atom stereocenters. The normalized spacial score (nSPS) is 33.4. The highest BCUT2D eigenvalue weighted by Crippen LogP contribution is 2.51. The summed E-state index contributed by atoms with van der Waals surface area (Å²) < 4.78 is 19.4. The molecule has 2 bridgehead atoms. The average Bonchev–Trinajstić information content (AvgIpc) is 2.40. The molecular weight excluding hydrogens is 243 g/mol. The van der Waals surface area contributed by atoms with Crippen molar-refractivity contribution in [3.63, 3.8) is 0 Å². The zero-order valence-corrected chi connectivity index (χ0v) is 11.1. The lowest BCUT2D eigenvalue weighted by Crippen LogP contribution is -2.53. The molecule has 3 nitrogen and oxygen atoms in total. The highest BCUT2D eigenvalue weighted by Gasteiger charge is 2.47. The fourth-order valence-corrected chi connectivity index (χ4v) is 3.37. The quantitative estimate of drug-likeness (QED) is 0.825. The van der Waals surface area contributed by atoms with Crippen LogP contribution in [0.15, 0.2) is 18.2 Å². The summed E-state index contributed by atoms with van der Waals surface area (Å²) in [6.45, 7) is 0.587. The van der Waals surface area contributed by atoms with Crippen molar-refractivity contribution in [3.05, 3.63) is 24.0 Å². The monoisotopic (exact) mass is 264 g/mol. The van der Waals surface area contributed by atoms with Crippen molar-refractivity contribution >= 4 is 5.69 Å². The molecule has 104 valence electrons. The third kappa shape index (κ3) is 2.41. The van der Waals surface area contributed by atoms with Gasteiger partial charge in [-0.1, -0.05) is 0 Å². The molecule has 0 spiro atoms. The molecule has 3 saturated carbocycles. The standard InChI is InChI=1S/C15H21FN2O/c16-12-9-11(17)1-2-13(12)19-10-14-3-6-15(18,7-4-14)8-5-14/h1-2,9H,3-8,10,17-18H2. The Morgan fingerprint density at radius 3 is 2.32 bits per heavy atom. The Labute approximate surface area is 113 Å². The molecule has 0 heterocycles. The van der Waals surface area contributed by atoms with Crippen LogP contribution in [0.2, 0.25) is 0 Å². The Kier molecular flexibility index (Phi) is 2.93. The van der Waals surface area contributed by atoms with E-state index in [4.69, 9.17) is 16.2 Å². The van der Waals surface area contributed by atoms with Crippen LogP contribution in [0.4, 0.5) is 10.1 Å². The maximum Gasteiger partial charge on any atom is 0.167 e. The molecule has 4 N–H and O–H groups in total. The number of nitrogen functional groups attached to an aromatic ring is 1. The molecule has 0 unspecified atom stereocenters. The van der Waals surface area contributed by atoms with Gasteiger partial charge in [0.15, 0.2) is 11.6 Å². The Morgan fingerprint density at radius 1 is 1.11 bits per heavy atom. The van der Waals surface area contributed by atoms with Crippen molar-refractivity contribution < 1.29 is 9.13 Å². The molecule has 3 aliphatic carbocycles. The van der Waals surface area contributed by atoms with E-state index in [2.05, 4.69) is 0 Å². The van der Waals surface area contributed by atoms with E-state index in [-0.39, 0.29) is 16.8 Å². The molecular formula is C15H21FN2O. The molecule has 4 rings (SSSR count). The zero-order valence-electron chi connectivity index (χ0n) is 11.1. The van der Waals surface area contributed by atoms with Gasteiger partial charge in [-0.3, -0.25) is 0 Å². The average molecular weight is 264 g/mol. The molecule has 0 saturated heterocycles. The lowest BCUT2D eigenvalue weighted by Gasteiger charge is -2.51. The molecule has 3 fully saturated rings. The van der Waals surface area contributed by atoms with Gasteiger partial charge in [0.05, 0.1) is 6.61 Å². The largest absolute Gasteiger partial charge is 0.490 e. The molecule has 1 aromatic carbocycles. The van der Waals surface area contributed by atoms with Crippen LogP contribution in [0.25, 0.3) is 0 Å². The first-order chi connectivity index (χ1) is 9.00. The van der Waals surface area contributed by atoms with Gasteiger partial charge in [0.1, 0.15) is 0 Å². The van der Waals surface area contributed by atoms with Gasteiger partial charge in [-0.25, -0.2) is 4.39 Å². The summed E-state index contributed by atoms with van der Waals surface area (Å²) in [5, 5.41) is 0. The Balaban J connectivity index is 1.66. The highest BCUT2D eigenvalue weighted by molar-refractivity contribution is 5.42. The van der Waals surface area contributed by atoms with Gasteiger partial charge in [0.2, 0.25) is 0 Å². The second-order valence-electron chi connectivity index (χ2n) is 6.34. The fourth-order valence-electron chi connectivity index (χ4n) is 3.37. The van der Waals surface area contributed by atoms with Crippen LogP contribution < -0.4 is 16.2 Å². The van der Waals surface area contributed by atoms with E-state index in [1.165, 1.54) is 6.07 Å². The lowest BCUT2D eigenvalue weighted by atomic mass is 9.58. The number of nitrogens with two attached hydrogens (primary N) is 2. The number of fused-ring (bicyclic) bond motifs is 3. The predicted molar refractivity (Wildman–Crippen MR) is 73.4 cm³/mol. The van der Waals surface area contributed by atoms with Crippen molar-refractivity contribution in [2.45, 2.75) is 44.1 Å². The van der Waals surface area contributed by atoms with E-state index in [1.807, 2.05) is 0 Å². The van der Waals surface area contributed by atoms with E-state index in [0.29, 0.717) is 18.0 Å². The van der Waals surface area contributed by atoms with Crippen molar-refractivity contribution in [2.75, 3.05) is 12.3 Å². The van der Waals surface area contributed by atoms with Crippen LogP contribution in [0.3, 0.4) is 0 Å². The third-order valence-corrected chi connectivity index (χ3v) is 4.95. The summed E-state index contributed by atoms with van der Waals surface area (Å²) in [6, 6.07) is 4.59. The van der Waals surface area contributed by atoms with Gasteiger partial charge in [-0.15, -0.1) is 0 Å².